The topological polar surface area (TPSA) is 85.0 Å². The van der Waals surface area contributed by atoms with Crippen LogP contribution in [0.1, 0.15) is 5.56 Å². The van der Waals surface area contributed by atoms with Crippen molar-refractivity contribution in [2.75, 3.05) is 7.11 Å². The van der Waals surface area contributed by atoms with E-state index in [9.17, 15) is 18.1 Å². The predicted molar refractivity (Wildman–Crippen MR) is 118 cm³/mol. The Kier molecular flexibility index (Phi) is 5.21. The molecule has 6 nitrogen and oxygen atoms in total. The number of hydrogen-bond acceptors (Lipinski definition) is 5. The first-order valence-electron chi connectivity index (χ1n) is 8.63. The molecule has 4 rings (SSSR count). The van der Waals surface area contributed by atoms with Gasteiger partial charge in [-0.1, -0.05) is 18.2 Å². The SMILES string of the molecule is COc1ccc(F)cc1-c1c(C#N)cnc2c1cc(I)n2S(=O)(=O)c1ccccc1. The van der Waals surface area contributed by atoms with E-state index in [4.69, 9.17) is 4.74 Å². The number of halogens is 2. The summed E-state index contributed by atoms with van der Waals surface area (Å²) in [4.78, 5) is 4.36. The molecule has 0 aliphatic heterocycles. The Hall–Kier alpha value is -2.97. The number of pyridine rings is 1. The van der Waals surface area contributed by atoms with Crippen molar-refractivity contribution in [3.05, 3.63) is 75.9 Å². The molecule has 2 aromatic heterocycles. The van der Waals surface area contributed by atoms with Crippen LogP contribution in [0, 0.1) is 20.8 Å². The summed E-state index contributed by atoms with van der Waals surface area (Å²) in [6, 6.07) is 15.6. The minimum Gasteiger partial charge on any atom is -0.496 e. The number of ether oxygens (including phenoxy) is 1. The fourth-order valence-corrected chi connectivity index (χ4v) is 5.96. The molecule has 0 aliphatic carbocycles. The number of nitrogens with zero attached hydrogens (tertiary/aromatic N) is 3. The van der Waals surface area contributed by atoms with Crippen LogP contribution < -0.4 is 4.74 Å². The second-order valence-corrected chi connectivity index (χ2v) is 9.18. The van der Waals surface area contributed by atoms with E-state index in [1.54, 1.807) is 24.3 Å². The van der Waals surface area contributed by atoms with Crippen molar-refractivity contribution >= 4 is 43.6 Å². The Morgan fingerprint density at radius 2 is 1.90 bits per heavy atom. The molecule has 9 heteroatoms. The van der Waals surface area contributed by atoms with Crippen molar-refractivity contribution in [1.82, 2.24) is 8.96 Å². The molecule has 2 heterocycles. The lowest BCUT2D eigenvalue weighted by molar-refractivity contribution is 0.415. The second kappa shape index (κ2) is 7.70. The number of benzene rings is 2. The van der Waals surface area contributed by atoms with Gasteiger partial charge >= 0.3 is 0 Å². The predicted octanol–water partition coefficient (Wildman–Crippen LogP) is 4.56. The van der Waals surface area contributed by atoms with E-state index in [2.05, 4.69) is 11.1 Å². The van der Waals surface area contributed by atoms with Crippen LogP contribution >= 0.6 is 22.6 Å². The van der Waals surface area contributed by atoms with E-state index < -0.39 is 15.8 Å². The molecule has 0 atom stereocenters. The van der Waals surface area contributed by atoms with Crippen LogP contribution in [0.25, 0.3) is 22.2 Å². The van der Waals surface area contributed by atoms with Crippen LogP contribution in [-0.2, 0) is 10.0 Å². The lowest BCUT2D eigenvalue weighted by Crippen LogP contribution is -2.15. The lowest BCUT2D eigenvalue weighted by atomic mass is 9.98. The third-order valence-corrected chi connectivity index (χ3v) is 7.42. The number of methoxy groups -OCH3 is 1. The largest absolute Gasteiger partial charge is 0.496 e. The monoisotopic (exact) mass is 533 g/mol. The van der Waals surface area contributed by atoms with Gasteiger partial charge in [0.05, 0.1) is 21.3 Å². The van der Waals surface area contributed by atoms with Crippen molar-refractivity contribution in [3.63, 3.8) is 0 Å². The molecule has 0 radical (unpaired) electrons. The number of rotatable bonds is 4. The van der Waals surface area contributed by atoms with Crippen LogP contribution in [0.5, 0.6) is 5.75 Å². The van der Waals surface area contributed by atoms with Gasteiger partial charge in [-0.25, -0.2) is 21.8 Å². The van der Waals surface area contributed by atoms with E-state index in [1.807, 2.05) is 22.6 Å². The highest BCUT2D eigenvalue weighted by molar-refractivity contribution is 14.1. The van der Waals surface area contributed by atoms with Crippen LogP contribution in [-0.4, -0.2) is 24.5 Å². The second-order valence-electron chi connectivity index (χ2n) is 6.29. The first-order chi connectivity index (χ1) is 14.4. The Bertz CT molecular complexity index is 1430. The maximum atomic E-state index is 14.0. The summed E-state index contributed by atoms with van der Waals surface area (Å²) < 4.78 is 47.5. The van der Waals surface area contributed by atoms with E-state index >= 15 is 0 Å². The van der Waals surface area contributed by atoms with Crippen molar-refractivity contribution in [2.45, 2.75) is 4.90 Å². The molecule has 0 unspecified atom stereocenters. The summed E-state index contributed by atoms with van der Waals surface area (Å²) in [5.41, 5.74) is 1.02. The summed E-state index contributed by atoms with van der Waals surface area (Å²) in [6.07, 6.45) is 1.29. The van der Waals surface area contributed by atoms with Gasteiger partial charge in [0.1, 0.15) is 17.6 Å². The summed E-state index contributed by atoms with van der Waals surface area (Å²) in [5, 5.41) is 10.0. The fraction of sp³-hybridized carbons (Fsp3) is 0.0476. The highest BCUT2D eigenvalue weighted by Crippen LogP contribution is 2.39. The quantitative estimate of drug-likeness (QED) is 0.359. The van der Waals surface area contributed by atoms with Crippen LogP contribution in [0.15, 0.2) is 65.7 Å². The highest BCUT2D eigenvalue weighted by atomic mass is 127. The third-order valence-electron chi connectivity index (χ3n) is 4.58. The summed E-state index contributed by atoms with van der Waals surface area (Å²) in [5.74, 6) is -0.153. The first kappa shape index (κ1) is 20.3. The molecule has 2 aromatic carbocycles. The van der Waals surface area contributed by atoms with Gasteiger partial charge in [0, 0.05) is 22.7 Å². The van der Waals surface area contributed by atoms with Gasteiger partial charge in [0.25, 0.3) is 10.0 Å². The van der Waals surface area contributed by atoms with E-state index in [-0.39, 0.29) is 16.1 Å². The summed E-state index contributed by atoms with van der Waals surface area (Å²) >= 11 is 1.91. The molecule has 0 saturated carbocycles. The zero-order chi connectivity index (χ0) is 21.5. The molecular formula is C21H13FIN3O3S. The van der Waals surface area contributed by atoms with Gasteiger partial charge in [-0.15, -0.1) is 0 Å². The van der Waals surface area contributed by atoms with E-state index in [0.29, 0.717) is 26.0 Å². The number of fused-ring (bicyclic) bond motifs is 1. The average Bonchev–Trinajstić information content (AvgIpc) is 3.10. The lowest BCUT2D eigenvalue weighted by Gasteiger charge is -2.12. The van der Waals surface area contributed by atoms with Gasteiger partial charge in [0.2, 0.25) is 0 Å². The Morgan fingerprint density at radius 3 is 2.57 bits per heavy atom. The van der Waals surface area contributed by atoms with Crippen molar-refractivity contribution in [2.24, 2.45) is 0 Å². The molecule has 0 fully saturated rings. The minimum absolute atomic E-state index is 0.108. The molecule has 30 heavy (non-hydrogen) atoms. The standard InChI is InChI=1S/C21H13FIN3O3S/c1-29-18-8-7-14(22)9-16(18)20-13(11-24)12-25-21-17(20)10-19(23)26(21)30(27,28)15-5-3-2-4-6-15/h2-10,12H,1H3. The molecule has 0 aliphatic rings. The molecule has 0 spiro atoms. The third kappa shape index (κ3) is 3.22. The molecule has 0 N–H and O–H groups in total. The molecule has 150 valence electrons. The van der Waals surface area contributed by atoms with Crippen LogP contribution in [0.4, 0.5) is 4.39 Å². The molecule has 0 saturated heterocycles. The number of aromatic nitrogens is 2. The van der Waals surface area contributed by atoms with Crippen molar-refractivity contribution in [1.29, 1.82) is 5.26 Å². The fourth-order valence-electron chi connectivity index (χ4n) is 3.27. The van der Waals surface area contributed by atoms with Crippen molar-refractivity contribution < 1.29 is 17.5 Å². The normalized spacial score (nSPS) is 11.4. The minimum atomic E-state index is -3.94. The summed E-state index contributed by atoms with van der Waals surface area (Å²) in [7, 11) is -2.50. The van der Waals surface area contributed by atoms with Crippen LogP contribution in [0.2, 0.25) is 0 Å². The number of hydrogen-bond donors (Lipinski definition) is 0. The average molecular weight is 533 g/mol. The Morgan fingerprint density at radius 1 is 1.17 bits per heavy atom. The molecule has 4 aromatic rings. The van der Waals surface area contributed by atoms with Gasteiger partial charge < -0.3 is 4.74 Å². The van der Waals surface area contributed by atoms with Gasteiger partial charge in [-0.3, -0.25) is 0 Å². The van der Waals surface area contributed by atoms with Gasteiger partial charge in [-0.05, 0) is 59.0 Å². The Labute approximate surface area is 185 Å². The maximum Gasteiger partial charge on any atom is 0.270 e. The maximum absolute atomic E-state index is 14.0. The molecular weight excluding hydrogens is 520 g/mol. The first-order valence-corrected chi connectivity index (χ1v) is 11.1. The Balaban J connectivity index is 2.10. The van der Waals surface area contributed by atoms with Gasteiger partial charge in [-0.2, -0.15) is 5.26 Å². The highest BCUT2D eigenvalue weighted by Gasteiger charge is 2.26. The number of nitriles is 1. The van der Waals surface area contributed by atoms with Gasteiger partial charge in [0.15, 0.2) is 5.65 Å². The van der Waals surface area contributed by atoms with Crippen molar-refractivity contribution in [3.8, 4) is 22.9 Å². The molecule has 0 bridgehead atoms. The molecule has 0 amide bonds. The summed E-state index contributed by atoms with van der Waals surface area (Å²) in [6.45, 7) is 0. The zero-order valence-corrected chi connectivity index (χ0v) is 18.5. The van der Waals surface area contributed by atoms with E-state index in [0.717, 1.165) is 3.97 Å². The smallest absolute Gasteiger partial charge is 0.270 e. The zero-order valence-electron chi connectivity index (χ0n) is 15.5. The van der Waals surface area contributed by atoms with E-state index in [1.165, 1.54) is 43.6 Å². The van der Waals surface area contributed by atoms with Crippen LogP contribution in [0.3, 0.4) is 0 Å².